The van der Waals surface area contributed by atoms with Gasteiger partial charge in [-0.05, 0) is 42.0 Å². The first kappa shape index (κ1) is 16.6. The van der Waals surface area contributed by atoms with E-state index in [1.54, 1.807) is 30.5 Å². The van der Waals surface area contributed by atoms with Gasteiger partial charge in [0.1, 0.15) is 5.69 Å². The van der Waals surface area contributed by atoms with E-state index in [-0.39, 0.29) is 18.0 Å². The van der Waals surface area contributed by atoms with E-state index in [0.717, 1.165) is 10.4 Å². The largest absolute Gasteiger partial charge is 0.293 e. The molecule has 1 aromatic carbocycles. The Kier molecular flexibility index (Phi) is 5.18. The predicted molar refractivity (Wildman–Crippen MR) is 96.1 cm³/mol. The quantitative estimate of drug-likeness (QED) is 0.469. The lowest BCUT2D eigenvalue weighted by molar-refractivity contribution is 0.0893. The fourth-order valence-electron chi connectivity index (χ4n) is 2.32. The van der Waals surface area contributed by atoms with E-state index in [2.05, 4.69) is 4.98 Å². The molecule has 0 spiro atoms. The Balaban J connectivity index is 1.66. The number of ketones is 2. The molecule has 3 rings (SSSR count). The molecule has 0 aliphatic rings. The summed E-state index contributed by atoms with van der Waals surface area (Å²) in [5.41, 5.74) is 1.41. The number of nitrogens with zero attached hydrogens (tertiary/aromatic N) is 1. The maximum Gasteiger partial charge on any atom is 0.188 e. The third kappa shape index (κ3) is 4.16. The van der Waals surface area contributed by atoms with Crippen molar-refractivity contribution in [3.8, 4) is 0 Å². The van der Waals surface area contributed by atoms with Crippen LogP contribution in [-0.4, -0.2) is 16.6 Å². The van der Waals surface area contributed by atoms with Crippen LogP contribution in [0.1, 0.15) is 37.0 Å². The second kappa shape index (κ2) is 7.51. The minimum Gasteiger partial charge on any atom is -0.293 e. The molecule has 3 nitrogen and oxygen atoms in total. The monoisotopic (exact) mass is 355 g/mol. The molecule has 2 heterocycles. The minimum atomic E-state index is -0.259. The summed E-state index contributed by atoms with van der Waals surface area (Å²) in [6, 6.07) is 16.4. The Bertz CT molecular complexity index is 874. The van der Waals surface area contributed by atoms with Crippen molar-refractivity contribution in [1.29, 1.82) is 0 Å². The highest BCUT2D eigenvalue weighted by atomic mass is 35.5. The van der Waals surface area contributed by atoms with Crippen molar-refractivity contribution in [2.45, 2.75) is 12.8 Å². The molecule has 0 saturated heterocycles. The number of benzene rings is 1. The third-order valence-corrected chi connectivity index (χ3v) is 4.84. The van der Waals surface area contributed by atoms with Gasteiger partial charge in [0.05, 0.1) is 11.3 Å². The van der Waals surface area contributed by atoms with Crippen molar-refractivity contribution in [1.82, 2.24) is 4.98 Å². The van der Waals surface area contributed by atoms with Crippen LogP contribution in [0.3, 0.4) is 0 Å². The average Bonchev–Trinajstić information content (AvgIpc) is 3.04. The van der Waals surface area contributed by atoms with Gasteiger partial charge in [0.25, 0.3) is 0 Å². The van der Waals surface area contributed by atoms with Crippen molar-refractivity contribution in [3.63, 3.8) is 0 Å². The molecule has 0 fully saturated rings. The molecule has 0 amide bonds. The molecule has 3 aromatic rings. The van der Waals surface area contributed by atoms with Crippen LogP contribution in [0.25, 0.3) is 0 Å². The summed E-state index contributed by atoms with van der Waals surface area (Å²) in [6.07, 6.45) is 2.10. The molecule has 0 atom stereocenters. The Morgan fingerprint density at radius 1 is 1.00 bits per heavy atom. The SMILES string of the molecule is O=C(CC(=O)c1ccc(Cc2cccc(Cl)c2)s1)c1ccccn1. The van der Waals surface area contributed by atoms with Gasteiger partial charge < -0.3 is 0 Å². The first-order valence-electron chi connectivity index (χ1n) is 7.42. The van der Waals surface area contributed by atoms with Crippen LogP contribution in [0.2, 0.25) is 5.02 Å². The Morgan fingerprint density at radius 2 is 1.88 bits per heavy atom. The van der Waals surface area contributed by atoms with Gasteiger partial charge in [-0.3, -0.25) is 14.6 Å². The summed E-state index contributed by atoms with van der Waals surface area (Å²) < 4.78 is 0. The molecule has 0 N–H and O–H groups in total. The molecule has 0 aliphatic carbocycles. The predicted octanol–water partition coefficient (Wildman–Crippen LogP) is 4.84. The van der Waals surface area contributed by atoms with Crippen LogP contribution in [0.5, 0.6) is 0 Å². The number of carbonyl (C=O) groups is 2. The molecule has 0 aliphatic heterocycles. The Morgan fingerprint density at radius 3 is 2.62 bits per heavy atom. The number of rotatable bonds is 6. The minimum absolute atomic E-state index is 0.159. The summed E-state index contributed by atoms with van der Waals surface area (Å²) >= 11 is 7.40. The summed E-state index contributed by atoms with van der Waals surface area (Å²) in [7, 11) is 0. The van der Waals surface area contributed by atoms with E-state index >= 15 is 0 Å². The maximum absolute atomic E-state index is 12.3. The van der Waals surface area contributed by atoms with E-state index in [9.17, 15) is 9.59 Å². The fourth-order valence-corrected chi connectivity index (χ4v) is 3.51. The number of halogens is 1. The van der Waals surface area contributed by atoms with Gasteiger partial charge in [0.15, 0.2) is 11.6 Å². The molecule has 24 heavy (non-hydrogen) atoms. The number of carbonyl (C=O) groups excluding carboxylic acids is 2. The van der Waals surface area contributed by atoms with E-state index in [4.69, 9.17) is 11.6 Å². The highest BCUT2D eigenvalue weighted by Crippen LogP contribution is 2.23. The van der Waals surface area contributed by atoms with E-state index < -0.39 is 0 Å². The second-order valence-corrected chi connectivity index (χ2v) is 6.92. The van der Waals surface area contributed by atoms with Crippen LogP contribution in [0, 0.1) is 0 Å². The number of thiophene rings is 1. The lowest BCUT2D eigenvalue weighted by Gasteiger charge is -2.00. The molecule has 2 aromatic heterocycles. The molecule has 120 valence electrons. The maximum atomic E-state index is 12.3. The Labute approximate surface area is 148 Å². The van der Waals surface area contributed by atoms with Gasteiger partial charge >= 0.3 is 0 Å². The van der Waals surface area contributed by atoms with Crippen molar-refractivity contribution in [2.24, 2.45) is 0 Å². The Hall–Kier alpha value is -2.30. The lowest BCUT2D eigenvalue weighted by atomic mass is 10.1. The molecule has 0 radical (unpaired) electrons. The van der Waals surface area contributed by atoms with Gasteiger partial charge in [0.2, 0.25) is 0 Å². The molecule has 0 bridgehead atoms. The fraction of sp³-hybridized carbons (Fsp3) is 0.105. The zero-order valence-corrected chi connectivity index (χ0v) is 14.3. The summed E-state index contributed by atoms with van der Waals surface area (Å²) in [5, 5.41) is 0.696. The number of hydrogen-bond donors (Lipinski definition) is 0. The van der Waals surface area contributed by atoms with E-state index in [0.29, 0.717) is 22.0 Å². The highest BCUT2D eigenvalue weighted by molar-refractivity contribution is 7.14. The summed E-state index contributed by atoms with van der Waals surface area (Å²) in [4.78, 5) is 30.0. The standard InChI is InChI=1S/C19H14ClNO2S/c20-14-5-3-4-13(10-14)11-15-7-8-19(24-15)18(23)12-17(22)16-6-1-2-9-21-16/h1-10H,11-12H2. The average molecular weight is 356 g/mol. The van der Waals surface area contributed by atoms with Crippen molar-refractivity contribution in [2.75, 3.05) is 0 Å². The molecule has 0 unspecified atom stereocenters. The number of Topliss-reactive ketones (excluding diaryl/α,β-unsaturated/α-hetero) is 2. The highest BCUT2D eigenvalue weighted by Gasteiger charge is 2.16. The van der Waals surface area contributed by atoms with Crippen LogP contribution in [-0.2, 0) is 6.42 Å². The van der Waals surface area contributed by atoms with Gasteiger partial charge in [-0.1, -0.05) is 29.8 Å². The zero-order chi connectivity index (χ0) is 16.9. The normalized spacial score (nSPS) is 10.5. The molecule has 0 saturated carbocycles. The van der Waals surface area contributed by atoms with Crippen LogP contribution in [0.4, 0.5) is 0 Å². The van der Waals surface area contributed by atoms with Crippen molar-refractivity contribution < 1.29 is 9.59 Å². The van der Waals surface area contributed by atoms with Crippen molar-refractivity contribution >= 4 is 34.5 Å². The first-order chi connectivity index (χ1) is 11.6. The number of hydrogen-bond acceptors (Lipinski definition) is 4. The number of pyridine rings is 1. The van der Waals surface area contributed by atoms with Crippen LogP contribution >= 0.6 is 22.9 Å². The number of aromatic nitrogens is 1. The van der Waals surface area contributed by atoms with Gasteiger partial charge in [-0.2, -0.15) is 0 Å². The molecular weight excluding hydrogens is 342 g/mol. The summed E-state index contributed by atoms with van der Waals surface area (Å²) in [5.74, 6) is -0.432. The lowest BCUT2D eigenvalue weighted by Crippen LogP contribution is -2.08. The smallest absolute Gasteiger partial charge is 0.188 e. The van der Waals surface area contributed by atoms with Gasteiger partial charge in [-0.25, -0.2) is 0 Å². The molecule has 5 heteroatoms. The van der Waals surface area contributed by atoms with Gasteiger partial charge in [-0.15, -0.1) is 11.3 Å². The van der Waals surface area contributed by atoms with E-state index in [1.165, 1.54) is 11.3 Å². The zero-order valence-electron chi connectivity index (χ0n) is 12.7. The van der Waals surface area contributed by atoms with Crippen LogP contribution in [0.15, 0.2) is 60.8 Å². The van der Waals surface area contributed by atoms with Gasteiger partial charge in [0, 0.05) is 22.5 Å². The van der Waals surface area contributed by atoms with E-state index in [1.807, 2.05) is 30.3 Å². The van der Waals surface area contributed by atoms with Crippen molar-refractivity contribution in [3.05, 3.63) is 86.8 Å². The first-order valence-corrected chi connectivity index (χ1v) is 8.62. The van der Waals surface area contributed by atoms with Crippen LogP contribution < -0.4 is 0 Å². The topological polar surface area (TPSA) is 47.0 Å². The molecular formula is C19H14ClNO2S. The third-order valence-electron chi connectivity index (χ3n) is 3.48. The second-order valence-electron chi connectivity index (χ2n) is 5.31. The summed E-state index contributed by atoms with van der Waals surface area (Å²) in [6.45, 7) is 0.